The molecule has 1 aromatic heterocycles. The van der Waals surface area contributed by atoms with Gasteiger partial charge in [-0.2, -0.15) is 18.3 Å². The van der Waals surface area contributed by atoms with E-state index in [1.807, 2.05) is 0 Å². The number of amides is 1. The maximum atomic E-state index is 12.7. The first-order valence-corrected chi connectivity index (χ1v) is 7.69. The van der Waals surface area contributed by atoms with Crippen molar-refractivity contribution in [2.75, 3.05) is 0 Å². The Morgan fingerprint density at radius 1 is 1.15 bits per heavy atom. The highest BCUT2D eigenvalue weighted by atomic mass is 19.4. The van der Waals surface area contributed by atoms with E-state index in [4.69, 9.17) is 0 Å². The topological polar surface area (TPSA) is 74.8 Å². The van der Waals surface area contributed by atoms with Crippen molar-refractivity contribution >= 4 is 16.7 Å². The predicted molar refractivity (Wildman–Crippen MR) is 89.7 cm³/mol. The molecule has 8 heteroatoms. The highest BCUT2D eigenvalue weighted by molar-refractivity contribution is 5.98. The average Bonchev–Trinajstić information content (AvgIpc) is 2.62. The van der Waals surface area contributed by atoms with Gasteiger partial charge >= 0.3 is 6.18 Å². The van der Waals surface area contributed by atoms with Gasteiger partial charge < -0.3 is 5.32 Å². The fourth-order valence-electron chi connectivity index (χ4n) is 2.58. The summed E-state index contributed by atoms with van der Waals surface area (Å²) in [5.41, 5.74) is 0.0627. The molecule has 0 radical (unpaired) electrons. The van der Waals surface area contributed by atoms with Crippen molar-refractivity contribution in [3.05, 3.63) is 75.2 Å². The van der Waals surface area contributed by atoms with E-state index in [1.165, 1.54) is 30.3 Å². The number of rotatable bonds is 3. The Hall–Kier alpha value is -3.16. The Morgan fingerprint density at radius 2 is 1.92 bits per heavy atom. The molecule has 3 aromatic rings. The van der Waals surface area contributed by atoms with Crippen molar-refractivity contribution in [3.63, 3.8) is 0 Å². The molecule has 2 N–H and O–H groups in total. The molecule has 0 aliphatic rings. The summed E-state index contributed by atoms with van der Waals surface area (Å²) in [4.78, 5) is 24.0. The van der Waals surface area contributed by atoms with E-state index in [-0.39, 0.29) is 12.1 Å². The quantitative estimate of drug-likeness (QED) is 0.752. The Morgan fingerprint density at radius 3 is 2.65 bits per heavy atom. The molecule has 26 heavy (non-hydrogen) atoms. The number of hydrogen-bond donors (Lipinski definition) is 2. The number of carbonyl (C=O) groups excluding carboxylic acids is 1. The number of aromatic amines is 1. The number of fused-ring (bicyclic) bond motifs is 1. The number of aromatic nitrogens is 2. The van der Waals surface area contributed by atoms with E-state index in [0.717, 1.165) is 12.1 Å². The molecule has 0 aliphatic heterocycles. The van der Waals surface area contributed by atoms with Crippen LogP contribution in [0.1, 0.15) is 27.2 Å². The zero-order valence-corrected chi connectivity index (χ0v) is 13.6. The number of benzene rings is 2. The van der Waals surface area contributed by atoms with Gasteiger partial charge in [-0.1, -0.05) is 12.1 Å². The van der Waals surface area contributed by atoms with Crippen molar-refractivity contribution in [1.29, 1.82) is 0 Å². The summed E-state index contributed by atoms with van der Waals surface area (Å²) in [6.07, 6.45) is -4.43. The van der Waals surface area contributed by atoms with E-state index >= 15 is 0 Å². The first kappa shape index (κ1) is 17.7. The third kappa shape index (κ3) is 3.58. The number of H-pyrrole nitrogens is 1. The molecule has 0 saturated heterocycles. The van der Waals surface area contributed by atoms with Crippen LogP contribution in [0.3, 0.4) is 0 Å². The number of nitrogens with zero attached hydrogens (tertiary/aromatic N) is 1. The predicted octanol–water partition coefficient (Wildman–Crippen LogP) is 3.18. The maximum Gasteiger partial charge on any atom is 0.416 e. The van der Waals surface area contributed by atoms with Crippen LogP contribution in [0, 0.1) is 6.92 Å². The monoisotopic (exact) mass is 361 g/mol. The summed E-state index contributed by atoms with van der Waals surface area (Å²) in [5, 5.41) is 9.75. The van der Waals surface area contributed by atoms with Gasteiger partial charge in [-0.05, 0) is 42.8 Å². The zero-order chi connectivity index (χ0) is 18.9. The summed E-state index contributed by atoms with van der Waals surface area (Å²) in [6.45, 7) is 1.65. The molecule has 0 unspecified atom stereocenters. The fourth-order valence-corrected chi connectivity index (χ4v) is 2.58. The third-order valence-electron chi connectivity index (χ3n) is 3.95. The van der Waals surface area contributed by atoms with Crippen LogP contribution in [0.25, 0.3) is 10.8 Å². The zero-order valence-electron chi connectivity index (χ0n) is 13.6. The van der Waals surface area contributed by atoms with Crippen molar-refractivity contribution in [2.24, 2.45) is 0 Å². The number of carbonyl (C=O) groups is 1. The lowest BCUT2D eigenvalue weighted by Crippen LogP contribution is -2.23. The standard InChI is InChI=1S/C18H14F3N3O2/c1-10-15-8-12(5-6-14(15)17(26)24-23-10)16(25)22-9-11-3-2-4-13(7-11)18(19,20)21/h2-8H,9H2,1H3,(H,22,25)(H,24,26). The van der Waals surface area contributed by atoms with E-state index in [2.05, 4.69) is 15.5 Å². The minimum atomic E-state index is -4.43. The van der Waals surface area contributed by atoms with Crippen LogP contribution in [0.2, 0.25) is 0 Å². The van der Waals surface area contributed by atoms with Gasteiger partial charge in [0, 0.05) is 17.5 Å². The second kappa shape index (κ2) is 6.62. The molecular weight excluding hydrogens is 347 g/mol. The number of alkyl halides is 3. The molecule has 5 nitrogen and oxygen atoms in total. The van der Waals surface area contributed by atoms with Crippen LogP contribution >= 0.6 is 0 Å². The van der Waals surface area contributed by atoms with Crippen LogP contribution in [0.15, 0.2) is 47.3 Å². The minimum Gasteiger partial charge on any atom is -0.348 e. The summed E-state index contributed by atoms with van der Waals surface area (Å²) in [7, 11) is 0. The largest absolute Gasteiger partial charge is 0.416 e. The second-order valence-electron chi connectivity index (χ2n) is 5.78. The molecule has 2 aromatic carbocycles. The van der Waals surface area contributed by atoms with Crippen molar-refractivity contribution < 1.29 is 18.0 Å². The summed E-state index contributed by atoms with van der Waals surface area (Å²) < 4.78 is 38.2. The van der Waals surface area contributed by atoms with Gasteiger partial charge in [-0.3, -0.25) is 9.59 Å². The van der Waals surface area contributed by atoms with Crippen LogP contribution in [-0.4, -0.2) is 16.1 Å². The summed E-state index contributed by atoms with van der Waals surface area (Å²) in [6, 6.07) is 9.30. The molecular formula is C18H14F3N3O2. The van der Waals surface area contributed by atoms with E-state index in [0.29, 0.717) is 27.6 Å². The van der Waals surface area contributed by atoms with Crippen molar-refractivity contribution in [1.82, 2.24) is 15.5 Å². The van der Waals surface area contributed by atoms with Gasteiger partial charge in [0.2, 0.25) is 0 Å². The van der Waals surface area contributed by atoms with Gasteiger partial charge in [0.25, 0.3) is 11.5 Å². The first-order valence-electron chi connectivity index (χ1n) is 7.69. The van der Waals surface area contributed by atoms with E-state index in [1.54, 1.807) is 6.92 Å². The second-order valence-corrected chi connectivity index (χ2v) is 5.78. The molecule has 0 atom stereocenters. The molecule has 0 fully saturated rings. The Balaban J connectivity index is 1.80. The van der Waals surface area contributed by atoms with Crippen LogP contribution in [0.5, 0.6) is 0 Å². The minimum absolute atomic E-state index is 0.0482. The molecule has 0 saturated carbocycles. The fraction of sp³-hybridized carbons (Fsp3) is 0.167. The number of aryl methyl sites for hydroxylation is 1. The molecule has 3 rings (SSSR count). The Kier molecular flexibility index (Phi) is 4.50. The average molecular weight is 361 g/mol. The Bertz CT molecular complexity index is 1040. The van der Waals surface area contributed by atoms with Gasteiger partial charge in [0.05, 0.1) is 16.6 Å². The number of nitrogens with one attached hydrogen (secondary N) is 2. The van der Waals surface area contributed by atoms with E-state index in [9.17, 15) is 22.8 Å². The first-order chi connectivity index (χ1) is 12.3. The lowest BCUT2D eigenvalue weighted by molar-refractivity contribution is -0.137. The molecule has 134 valence electrons. The summed E-state index contributed by atoms with van der Waals surface area (Å²) >= 11 is 0. The van der Waals surface area contributed by atoms with Crippen LogP contribution in [0.4, 0.5) is 13.2 Å². The van der Waals surface area contributed by atoms with Crippen LogP contribution < -0.4 is 10.9 Å². The number of hydrogen-bond acceptors (Lipinski definition) is 3. The Labute approximate surface area is 145 Å². The molecule has 1 amide bonds. The smallest absolute Gasteiger partial charge is 0.348 e. The lowest BCUT2D eigenvalue weighted by Gasteiger charge is -2.10. The highest BCUT2D eigenvalue weighted by Crippen LogP contribution is 2.29. The SMILES string of the molecule is Cc1n[nH]c(=O)c2ccc(C(=O)NCc3cccc(C(F)(F)F)c3)cc12. The normalized spacial score (nSPS) is 11.5. The molecule has 1 heterocycles. The van der Waals surface area contributed by atoms with Gasteiger partial charge in [-0.25, -0.2) is 5.10 Å². The van der Waals surface area contributed by atoms with E-state index < -0.39 is 17.6 Å². The third-order valence-corrected chi connectivity index (χ3v) is 3.95. The van der Waals surface area contributed by atoms with Crippen LogP contribution in [-0.2, 0) is 12.7 Å². The lowest BCUT2D eigenvalue weighted by atomic mass is 10.1. The van der Waals surface area contributed by atoms with Gasteiger partial charge in [0.1, 0.15) is 0 Å². The van der Waals surface area contributed by atoms with Gasteiger partial charge in [-0.15, -0.1) is 0 Å². The van der Waals surface area contributed by atoms with Gasteiger partial charge in [0.15, 0.2) is 0 Å². The highest BCUT2D eigenvalue weighted by Gasteiger charge is 2.30. The van der Waals surface area contributed by atoms with Crippen molar-refractivity contribution in [3.8, 4) is 0 Å². The van der Waals surface area contributed by atoms with Crippen molar-refractivity contribution in [2.45, 2.75) is 19.6 Å². The summed E-state index contributed by atoms with van der Waals surface area (Å²) in [5.74, 6) is -0.455. The maximum absolute atomic E-state index is 12.7. The molecule has 0 spiro atoms. The molecule has 0 bridgehead atoms. The number of halogens is 3. The molecule has 0 aliphatic carbocycles.